The lowest BCUT2D eigenvalue weighted by Gasteiger charge is -2.57. The average molecular weight is 420 g/mol. The fraction of sp³-hybridized carbons (Fsp3) is 0.885. The first-order valence-electron chi connectivity index (χ1n) is 12.4. The number of nitrogens with zero attached hydrogens (tertiary/aromatic N) is 1. The van der Waals surface area contributed by atoms with Crippen molar-refractivity contribution in [1.82, 2.24) is 4.90 Å². The fourth-order valence-electron chi connectivity index (χ4n) is 6.89. The van der Waals surface area contributed by atoms with E-state index in [1.165, 1.54) is 37.7 Å². The van der Waals surface area contributed by atoms with E-state index in [2.05, 4.69) is 38.7 Å². The molecule has 2 fully saturated rings. The van der Waals surface area contributed by atoms with Gasteiger partial charge in [-0.1, -0.05) is 40.2 Å². The topological polar surface area (TPSA) is 49.8 Å². The number of carbonyl (C=O) groups excluding carboxylic acids is 1. The molecule has 0 aromatic heterocycles. The molecule has 30 heavy (non-hydrogen) atoms. The number of likely N-dealkylation sites (tertiary alicyclic amines) is 1. The maximum Gasteiger partial charge on any atom is 0.306 e. The second kappa shape index (κ2) is 10.2. The Hall–Kier alpha value is -0.870. The van der Waals surface area contributed by atoms with Gasteiger partial charge in [-0.3, -0.25) is 9.69 Å². The number of hydrogen-bond acceptors (Lipinski definition) is 4. The molecule has 0 spiro atoms. The standard InChI is InChI=1S/C26H45NO3/c1-20(18-24(29)30-17-16-27-14-5-6-15-27)8-10-22-21(19-28)9-11-23-25(2,3)12-7-13-26(22,23)4/h9,20,22-23,28H,5-8,10-19H2,1-4H3/t20-,22-,23-,26+/m0/s1. The smallest absolute Gasteiger partial charge is 0.306 e. The van der Waals surface area contributed by atoms with Gasteiger partial charge in [-0.25, -0.2) is 0 Å². The second-order valence-electron chi connectivity index (χ2n) is 11.3. The molecule has 1 heterocycles. The van der Waals surface area contributed by atoms with Gasteiger partial charge in [0.2, 0.25) is 0 Å². The van der Waals surface area contributed by atoms with Crippen LogP contribution in [0.5, 0.6) is 0 Å². The minimum absolute atomic E-state index is 0.0499. The van der Waals surface area contributed by atoms with Crippen molar-refractivity contribution in [3.05, 3.63) is 11.6 Å². The predicted molar refractivity (Wildman–Crippen MR) is 122 cm³/mol. The molecule has 1 N–H and O–H groups in total. The maximum absolute atomic E-state index is 12.3. The highest BCUT2D eigenvalue weighted by Crippen LogP contribution is 2.60. The Morgan fingerprint density at radius 3 is 2.67 bits per heavy atom. The van der Waals surface area contributed by atoms with E-state index in [1.807, 2.05) is 0 Å². The monoisotopic (exact) mass is 419 g/mol. The van der Waals surface area contributed by atoms with Crippen LogP contribution in [0.2, 0.25) is 0 Å². The summed E-state index contributed by atoms with van der Waals surface area (Å²) in [4.78, 5) is 14.7. The van der Waals surface area contributed by atoms with Gasteiger partial charge in [0.25, 0.3) is 0 Å². The minimum Gasteiger partial charge on any atom is -0.464 e. The van der Waals surface area contributed by atoms with Gasteiger partial charge in [0.15, 0.2) is 0 Å². The number of aliphatic hydroxyl groups is 1. The average Bonchev–Trinajstić information content (AvgIpc) is 3.19. The molecule has 3 rings (SSSR count). The van der Waals surface area contributed by atoms with Crippen molar-refractivity contribution in [3.63, 3.8) is 0 Å². The summed E-state index contributed by atoms with van der Waals surface area (Å²) in [6.45, 7) is 13.4. The van der Waals surface area contributed by atoms with Crippen LogP contribution in [0.1, 0.15) is 85.5 Å². The molecule has 1 saturated heterocycles. The van der Waals surface area contributed by atoms with E-state index >= 15 is 0 Å². The first-order valence-corrected chi connectivity index (χ1v) is 12.4. The van der Waals surface area contributed by atoms with E-state index in [9.17, 15) is 9.90 Å². The van der Waals surface area contributed by atoms with E-state index < -0.39 is 0 Å². The van der Waals surface area contributed by atoms with Gasteiger partial charge in [0, 0.05) is 13.0 Å². The SMILES string of the molecule is C[C@@H](CC[C@H]1C(CO)=CC[C@H]2C(C)(C)CCC[C@]12C)CC(=O)OCCN1CCCC1. The van der Waals surface area contributed by atoms with Crippen LogP contribution in [0.15, 0.2) is 11.6 Å². The normalized spacial score (nSPS) is 32.4. The Kier molecular flexibility index (Phi) is 8.06. The molecule has 0 radical (unpaired) electrons. The fourth-order valence-corrected chi connectivity index (χ4v) is 6.89. The van der Waals surface area contributed by atoms with Gasteiger partial charge in [-0.05, 0) is 92.2 Å². The minimum atomic E-state index is -0.0499. The Morgan fingerprint density at radius 2 is 1.97 bits per heavy atom. The molecule has 4 nitrogen and oxygen atoms in total. The van der Waals surface area contributed by atoms with Crippen LogP contribution in [0.4, 0.5) is 0 Å². The summed E-state index contributed by atoms with van der Waals surface area (Å²) in [5.74, 6) is 1.40. The quantitative estimate of drug-likeness (QED) is 0.412. The molecular formula is C26H45NO3. The van der Waals surface area contributed by atoms with Crippen molar-refractivity contribution in [3.8, 4) is 0 Å². The van der Waals surface area contributed by atoms with Crippen molar-refractivity contribution >= 4 is 5.97 Å². The van der Waals surface area contributed by atoms with E-state index in [1.54, 1.807) is 0 Å². The lowest BCUT2D eigenvalue weighted by molar-refractivity contribution is -0.145. The van der Waals surface area contributed by atoms with Crippen LogP contribution >= 0.6 is 0 Å². The van der Waals surface area contributed by atoms with E-state index in [0.717, 1.165) is 38.9 Å². The summed E-state index contributed by atoms with van der Waals surface area (Å²) < 4.78 is 5.51. The van der Waals surface area contributed by atoms with Crippen molar-refractivity contribution in [2.24, 2.45) is 28.6 Å². The summed E-state index contributed by atoms with van der Waals surface area (Å²) in [7, 11) is 0. The van der Waals surface area contributed by atoms with Gasteiger partial charge in [-0.2, -0.15) is 0 Å². The van der Waals surface area contributed by atoms with E-state index in [-0.39, 0.29) is 18.0 Å². The summed E-state index contributed by atoms with van der Waals surface area (Å²) in [6.07, 6.45) is 12.4. The van der Waals surface area contributed by atoms with Crippen molar-refractivity contribution < 1.29 is 14.6 Å². The number of rotatable bonds is 9. The van der Waals surface area contributed by atoms with E-state index in [4.69, 9.17) is 4.74 Å². The lowest BCUT2D eigenvalue weighted by Crippen LogP contribution is -2.49. The Labute approximate surface area is 184 Å². The van der Waals surface area contributed by atoms with Crippen LogP contribution in [0.25, 0.3) is 0 Å². The summed E-state index contributed by atoms with van der Waals surface area (Å²) >= 11 is 0. The first-order chi connectivity index (χ1) is 14.3. The molecule has 1 aliphatic heterocycles. The molecule has 3 aliphatic rings. The highest BCUT2D eigenvalue weighted by Gasteiger charge is 2.52. The van der Waals surface area contributed by atoms with Crippen LogP contribution < -0.4 is 0 Å². The third-order valence-corrected chi connectivity index (χ3v) is 8.65. The van der Waals surface area contributed by atoms with Crippen LogP contribution in [0.3, 0.4) is 0 Å². The number of carbonyl (C=O) groups is 1. The zero-order chi connectivity index (χ0) is 21.8. The van der Waals surface area contributed by atoms with Crippen LogP contribution in [-0.2, 0) is 9.53 Å². The number of esters is 1. The number of aliphatic hydroxyl groups excluding tert-OH is 1. The molecule has 4 atom stereocenters. The van der Waals surface area contributed by atoms with E-state index in [0.29, 0.717) is 36.2 Å². The number of fused-ring (bicyclic) bond motifs is 1. The Morgan fingerprint density at radius 1 is 1.23 bits per heavy atom. The summed E-state index contributed by atoms with van der Waals surface area (Å²) in [5.41, 5.74) is 1.88. The van der Waals surface area contributed by atoms with Gasteiger partial charge in [-0.15, -0.1) is 0 Å². The molecule has 172 valence electrons. The third-order valence-electron chi connectivity index (χ3n) is 8.65. The zero-order valence-electron chi connectivity index (χ0n) is 19.9. The van der Waals surface area contributed by atoms with Crippen LogP contribution in [0, 0.1) is 28.6 Å². The Balaban J connectivity index is 1.50. The zero-order valence-corrected chi connectivity index (χ0v) is 19.9. The number of ether oxygens (including phenoxy) is 1. The highest BCUT2D eigenvalue weighted by atomic mass is 16.5. The largest absolute Gasteiger partial charge is 0.464 e. The molecular weight excluding hydrogens is 374 g/mol. The second-order valence-corrected chi connectivity index (χ2v) is 11.3. The molecule has 0 aromatic carbocycles. The third kappa shape index (κ3) is 5.48. The highest BCUT2D eigenvalue weighted by molar-refractivity contribution is 5.69. The molecule has 0 bridgehead atoms. The van der Waals surface area contributed by atoms with Crippen LogP contribution in [-0.4, -0.2) is 48.8 Å². The summed E-state index contributed by atoms with van der Waals surface area (Å²) in [5, 5.41) is 10.0. The Bertz CT molecular complexity index is 607. The summed E-state index contributed by atoms with van der Waals surface area (Å²) in [6, 6.07) is 0. The molecule has 2 aliphatic carbocycles. The first kappa shape index (κ1) is 23.8. The van der Waals surface area contributed by atoms with Gasteiger partial charge in [0.1, 0.15) is 6.61 Å². The number of allylic oxidation sites excluding steroid dienone is 1. The molecule has 0 aromatic rings. The molecule has 0 unspecified atom stereocenters. The van der Waals surface area contributed by atoms with Gasteiger partial charge >= 0.3 is 5.97 Å². The van der Waals surface area contributed by atoms with Gasteiger partial charge in [0.05, 0.1) is 6.61 Å². The predicted octanol–water partition coefficient (Wildman–Crippen LogP) is 5.20. The maximum atomic E-state index is 12.3. The van der Waals surface area contributed by atoms with Gasteiger partial charge < -0.3 is 9.84 Å². The number of hydrogen-bond donors (Lipinski definition) is 1. The van der Waals surface area contributed by atoms with Crippen molar-refractivity contribution in [1.29, 1.82) is 0 Å². The molecule has 0 amide bonds. The molecule has 1 saturated carbocycles. The lowest BCUT2D eigenvalue weighted by atomic mass is 9.48. The van der Waals surface area contributed by atoms with Crippen molar-refractivity contribution in [2.75, 3.05) is 32.8 Å². The van der Waals surface area contributed by atoms with Crippen molar-refractivity contribution in [2.45, 2.75) is 85.5 Å². The molecule has 4 heteroatoms.